The van der Waals surface area contributed by atoms with Crippen LogP contribution in [0.2, 0.25) is 0 Å². The van der Waals surface area contributed by atoms with Gasteiger partial charge < -0.3 is 25.0 Å². The Labute approximate surface area is 316 Å². The Morgan fingerprint density at radius 1 is 0.796 bits per heavy atom. The van der Waals surface area contributed by atoms with Crippen molar-refractivity contribution in [3.05, 3.63) is 138 Å². The lowest BCUT2D eigenvalue weighted by atomic mass is 9.94. The molecule has 0 radical (unpaired) electrons. The fourth-order valence-corrected chi connectivity index (χ4v) is 6.94. The molecule has 2 aliphatic heterocycles. The van der Waals surface area contributed by atoms with Gasteiger partial charge in [0, 0.05) is 25.8 Å². The van der Waals surface area contributed by atoms with E-state index in [4.69, 9.17) is 9.57 Å². The topological polar surface area (TPSA) is 129 Å². The second-order valence-corrected chi connectivity index (χ2v) is 14.2. The van der Waals surface area contributed by atoms with Gasteiger partial charge in [0.15, 0.2) is 12.3 Å². The molecule has 6 rings (SSSR count). The fourth-order valence-electron chi connectivity index (χ4n) is 6.94. The minimum absolute atomic E-state index is 0.0593. The first-order chi connectivity index (χ1) is 26.2. The van der Waals surface area contributed by atoms with E-state index < -0.39 is 42.3 Å². The zero-order valence-electron chi connectivity index (χ0n) is 30.8. The van der Waals surface area contributed by atoms with Crippen LogP contribution in [0.4, 0.5) is 4.79 Å². The molecule has 0 aliphatic carbocycles. The molecular weight excluding hydrogens is 684 g/mol. The third-order valence-electron chi connectivity index (χ3n) is 9.86. The molecule has 2 fully saturated rings. The molecule has 11 heteroatoms. The van der Waals surface area contributed by atoms with Crippen LogP contribution < -0.4 is 5.32 Å². The van der Waals surface area contributed by atoms with E-state index in [2.05, 4.69) is 5.32 Å². The Kier molecular flexibility index (Phi) is 12.6. The summed E-state index contributed by atoms with van der Waals surface area (Å²) in [6.07, 6.45) is -1.34. The van der Waals surface area contributed by atoms with Crippen molar-refractivity contribution in [2.45, 2.75) is 70.3 Å². The number of phenolic OH excluding ortho intramolecular Hbond substituents is 1. The number of carbonyl (C=O) groups is 4. The number of piperazine rings is 1. The average Bonchev–Trinajstić information content (AvgIpc) is 3.17. The van der Waals surface area contributed by atoms with Crippen LogP contribution in [-0.4, -0.2) is 87.8 Å². The molecule has 0 aromatic heterocycles. The van der Waals surface area contributed by atoms with Gasteiger partial charge in [-0.2, -0.15) is 5.06 Å². The van der Waals surface area contributed by atoms with Crippen molar-refractivity contribution in [1.82, 2.24) is 20.2 Å². The van der Waals surface area contributed by atoms with Gasteiger partial charge in [0.25, 0.3) is 5.91 Å². The Hall–Kier alpha value is -5.68. The third kappa shape index (κ3) is 9.45. The predicted octanol–water partition coefficient (Wildman–Crippen LogP) is 5.31. The number of rotatable bonds is 14. The summed E-state index contributed by atoms with van der Waals surface area (Å²) in [6, 6.07) is 32.9. The van der Waals surface area contributed by atoms with E-state index in [9.17, 15) is 24.3 Å². The average molecular weight is 733 g/mol. The largest absolute Gasteiger partial charge is 0.508 e. The van der Waals surface area contributed by atoms with Crippen LogP contribution in [-0.2, 0) is 49.6 Å². The lowest BCUT2D eigenvalue weighted by Crippen LogP contribution is -2.75. The molecule has 0 spiro atoms. The second-order valence-electron chi connectivity index (χ2n) is 14.2. The molecular formula is C43H48N4O7. The highest BCUT2D eigenvalue weighted by Gasteiger charge is 2.55. The molecule has 2 saturated heterocycles. The number of fused-ring (bicyclic) bond motifs is 1. The van der Waals surface area contributed by atoms with Crippen LogP contribution in [0.3, 0.4) is 0 Å². The van der Waals surface area contributed by atoms with Crippen molar-refractivity contribution >= 4 is 23.8 Å². The first kappa shape index (κ1) is 38.1. The maximum Gasteiger partial charge on any atom is 0.436 e. The van der Waals surface area contributed by atoms with E-state index in [0.29, 0.717) is 24.9 Å². The molecule has 0 bridgehead atoms. The second kappa shape index (κ2) is 17.9. The molecule has 54 heavy (non-hydrogen) atoms. The Bertz CT molecular complexity index is 1860. The number of aromatic hydroxyl groups is 1. The first-order valence-electron chi connectivity index (χ1n) is 18.6. The van der Waals surface area contributed by atoms with Gasteiger partial charge in [-0.05, 0) is 53.1 Å². The van der Waals surface area contributed by atoms with Crippen LogP contribution in [0, 0.1) is 5.92 Å². The van der Waals surface area contributed by atoms with Gasteiger partial charge in [-0.3, -0.25) is 19.2 Å². The van der Waals surface area contributed by atoms with Gasteiger partial charge in [0.05, 0.1) is 13.2 Å². The normalized spacial score (nSPS) is 19.0. The van der Waals surface area contributed by atoms with Crippen LogP contribution in [0.1, 0.15) is 42.5 Å². The van der Waals surface area contributed by atoms with Crippen LogP contribution in [0.15, 0.2) is 115 Å². The molecule has 4 aromatic rings. The molecule has 11 nitrogen and oxygen atoms in total. The number of hydrogen-bond donors (Lipinski definition) is 2. The number of hydroxylamine groups is 2. The van der Waals surface area contributed by atoms with E-state index in [1.54, 1.807) is 12.1 Å². The first-order valence-corrected chi connectivity index (χ1v) is 18.6. The fraction of sp³-hybridized carbons (Fsp3) is 0.349. The maximum absolute atomic E-state index is 14.9. The number of amides is 4. The van der Waals surface area contributed by atoms with E-state index in [1.807, 2.05) is 105 Å². The number of nitrogens with zero attached hydrogens (tertiary/aromatic N) is 3. The van der Waals surface area contributed by atoms with Gasteiger partial charge >= 0.3 is 6.09 Å². The summed E-state index contributed by atoms with van der Waals surface area (Å²) in [5.41, 5.74) is 3.40. The van der Waals surface area contributed by atoms with E-state index in [1.165, 1.54) is 21.9 Å². The quantitative estimate of drug-likeness (QED) is 0.180. The minimum Gasteiger partial charge on any atom is -0.508 e. The van der Waals surface area contributed by atoms with Crippen molar-refractivity contribution in [1.29, 1.82) is 0 Å². The van der Waals surface area contributed by atoms with Gasteiger partial charge in [-0.1, -0.05) is 117 Å². The van der Waals surface area contributed by atoms with Crippen molar-refractivity contribution in [2.75, 3.05) is 19.7 Å². The summed E-state index contributed by atoms with van der Waals surface area (Å²) in [5.74, 6) is -0.889. The van der Waals surface area contributed by atoms with Crippen LogP contribution >= 0.6 is 0 Å². The maximum atomic E-state index is 14.9. The Balaban J connectivity index is 1.37. The number of ether oxygens (including phenoxy) is 1. The zero-order chi connectivity index (χ0) is 38.0. The molecule has 4 atom stereocenters. The smallest absolute Gasteiger partial charge is 0.436 e. The van der Waals surface area contributed by atoms with Crippen LogP contribution in [0.5, 0.6) is 5.75 Å². The summed E-state index contributed by atoms with van der Waals surface area (Å²) in [7, 11) is 0. The predicted molar refractivity (Wildman–Crippen MR) is 203 cm³/mol. The van der Waals surface area contributed by atoms with Gasteiger partial charge in [0.1, 0.15) is 17.8 Å². The van der Waals surface area contributed by atoms with E-state index >= 15 is 0 Å². The van der Waals surface area contributed by atoms with Gasteiger partial charge in [-0.25, -0.2) is 4.79 Å². The Morgan fingerprint density at radius 2 is 1.39 bits per heavy atom. The summed E-state index contributed by atoms with van der Waals surface area (Å²) in [6.45, 7) is 4.35. The molecule has 1 unspecified atom stereocenters. The molecule has 2 aliphatic rings. The number of nitrogens with one attached hydrogen (secondary N) is 1. The standard InChI is InChI=1S/C43H48N4O7/c1-30(2)23-25-53-43(52)47-39-29-45(36(26-32-14-8-4-9-15-32)40(49)44-24-22-31-12-6-3-7-13-31)41(50)37(27-34-18-20-35(48)21-19-34)46(39)42(51)38(54-47)28-33-16-10-5-11-17-33/h3-21,30,36-39,48H,22-29H2,1-2H3,(H,44,49)/t36-,37-,38+,39?/m0/s1. The summed E-state index contributed by atoms with van der Waals surface area (Å²) < 4.78 is 5.72. The molecule has 2 heterocycles. The number of benzene rings is 4. The molecule has 2 N–H and O–H groups in total. The monoisotopic (exact) mass is 732 g/mol. The Morgan fingerprint density at radius 3 is 2.02 bits per heavy atom. The lowest BCUT2D eigenvalue weighted by Gasteiger charge is -2.53. The highest BCUT2D eigenvalue weighted by Crippen LogP contribution is 2.32. The summed E-state index contributed by atoms with van der Waals surface area (Å²) in [5, 5.41) is 14.2. The summed E-state index contributed by atoms with van der Waals surface area (Å²) >= 11 is 0. The lowest BCUT2D eigenvalue weighted by molar-refractivity contribution is -0.267. The van der Waals surface area contributed by atoms with Crippen molar-refractivity contribution in [3.8, 4) is 5.75 Å². The van der Waals surface area contributed by atoms with Crippen molar-refractivity contribution in [3.63, 3.8) is 0 Å². The van der Waals surface area contributed by atoms with E-state index in [-0.39, 0.29) is 50.0 Å². The van der Waals surface area contributed by atoms with Crippen LogP contribution in [0.25, 0.3) is 0 Å². The van der Waals surface area contributed by atoms with Crippen molar-refractivity contribution in [2.24, 2.45) is 5.92 Å². The highest BCUT2D eigenvalue weighted by atomic mass is 16.7. The van der Waals surface area contributed by atoms with E-state index in [0.717, 1.165) is 21.8 Å². The van der Waals surface area contributed by atoms with Crippen molar-refractivity contribution < 1.29 is 33.9 Å². The molecule has 0 saturated carbocycles. The molecule has 282 valence electrons. The highest BCUT2D eigenvalue weighted by molar-refractivity contribution is 5.95. The molecule has 4 aromatic carbocycles. The minimum atomic E-state index is -1.12. The molecule has 4 amide bonds. The van der Waals surface area contributed by atoms with Gasteiger partial charge in [0.2, 0.25) is 11.8 Å². The number of carbonyl (C=O) groups excluding carboxylic acids is 4. The SMILES string of the molecule is CC(C)CCOC(=O)N1O[C@H](Cc2ccccc2)C(=O)N2C1CN([C@@H](Cc1ccccc1)C(=O)NCCc1ccccc1)C(=O)[C@@H]2Cc1ccc(O)cc1. The zero-order valence-corrected chi connectivity index (χ0v) is 30.8. The third-order valence-corrected chi connectivity index (χ3v) is 9.86. The number of hydrogen-bond acceptors (Lipinski definition) is 7. The summed E-state index contributed by atoms with van der Waals surface area (Å²) in [4.78, 5) is 66.8. The van der Waals surface area contributed by atoms with Gasteiger partial charge in [-0.15, -0.1) is 0 Å². The number of phenols is 1.